The fraction of sp³-hybridized carbons (Fsp3) is 0.333. The number of hydrogen-bond donors (Lipinski definition) is 0. The van der Waals surface area contributed by atoms with Crippen molar-refractivity contribution in [2.45, 2.75) is 34.1 Å². The number of likely N-dealkylation sites (N-methyl/N-ethyl adjacent to an activating group) is 2. The lowest BCUT2D eigenvalue weighted by Crippen LogP contribution is -2.42. The van der Waals surface area contributed by atoms with Gasteiger partial charge in [0.15, 0.2) is 0 Å². The Bertz CT molecular complexity index is 946. The highest BCUT2D eigenvalue weighted by Gasteiger charge is 2.35. The van der Waals surface area contributed by atoms with Crippen molar-refractivity contribution in [1.29, 1.82) is 10.5 Å². The summed E-state index contributed by atoms with van der Waals surface area (Å²) in [6.07, 6.45) is 3.22. The molecule has 4 amide bonds. The highest BCUT2D eigenvalue weighted by Crippen LogP contribution is 2.27. The molecule has 2 aliphatic heterocycles. The first-order valence-corrected chi connectivity index (χ1v) is 9.10. The zero-order valence-corrected chi connectivity index (χ0v) is 16.7. The van der Waals surface area contributed by atoms with Crippen molar-refractivity contribution in [2.75, 3.05) is 13.1 Å². The van der Waals surface area contributed by atoms with Crippen LogP contribution in [0.1, 0.15) is 34.1 Å². The number of imide groups is 2. The van der Waals surface area contributed by atoms with Crippen LogP contribution in [-0.2, 0) is 19.2 Å². The molecule has 2 heterocycles. The van der Waals surface area contributed by atoms with Crippen LogP contribution in [0, 0.1) is 22.7 Å². The maximum atomic E-state index is 12.6. The molecular weight excluding hydrogens is 372 g/mol. The molecule has 29 heavy (non-hydrogen) atoms. The SMILES string of the molecule is CCN1C(=O)C(=CCC=C2C(=O)N(CC)C(=O)C(C#N)=C2C)C(C)=C(C#N)C1=O. The van der Waals surface area contributed by atoms with E-state index in [4.69, 9.17) is 0 Å². The van der Waals surface area contributed by atoms with Crippen LogP contribution in [0.15, 0.2) is 45.6 Å². The fourth-order valence-corrected chi connectivity index (χ4v) is 3.27. The summed E-state index contributed by atoms with van der Waals surface area (Å²) in [5.74, 6) is -2.24. The van der Waals surface area contributed by atoms with Gasteiger partial charge in [0.2, 0.25) is 0 Å². The van der Waals surface area contributed by atoms with E-state index in [2.05, 4.69) is 0 Å². The van der Waals surface area contributed by atoms with E-state index < -0.39 is 23.6 Å². The molecule has 0 bridgehead atoms. The van der Waals surface area contributed by atoms with Gasteiger partial charge in [-0.3, -0.25) is 29.0 Å². The molecule has 0 aromatic carbocycles. The Morgan fingerprint density at radius 1 is 0.724 bits per heavy atom. The van der Waals surface area contributed by atoms with Crippen molar-refractivity contribution >= 4 is 23.6 Å². The van der Waals surface area contributed by atoms with Crippen molar-refractivity contribution in [2.24, 2.45) is 0 Å². The first-order valence-electron chi connectivity index (χ1n) is 9.10. The highest BCUT2D eigenvalue weighted by atomic mass is 16.2. The van der Waals surface area contributed by atoms with Crippen LogP contribution >= 0.6 is 0 Å². The van der Waals surface area contributed by atoms with Gasteiger partial charge in [0.1, 0.15) is 23.3 Å². The van der Waals surface area contributed by atoms with Crippen molar-refractivity contribution < 1.29 is 19.2 Å². The van der Waals surface area contributed by atoms with Gasteiger partial charge in [-0.05, 0) is 45.3 Å². The number of amides is 4. The largest absolute Gasteiger partial charge is 0.274 e. The van der Waals surface area contributed by atoms with Crippen LogP contribution in [0.25, 0.3) is 0 Å². The second kappa shape index (κ2) is 8.49. The average Bonchev–Trinajstić information content (AvgIpc) is 2.68. The molecule has 0 fully saturated rings. The zero-order chi connectivity index (χ0) is 21.9. The Kier molecular flexibility index (Phi) is 6.30. The number of hydrogen-bond acceptors (Lipinski definition) is 6. The van der Waals surface area contributed by atoms with E-state index in [0.717, 1.165) is 9.80 Å². The van der Waals surface area contributed by atoms with Gasteiger partial charge in [-0.15, -0.1) is 0 Å². The van der Waals surface area contributed by atoms with Crippen LogP contribution in [0.3, 0.4) is 0 Å². The van der Waals surface area contributed by atoms with E-state index in [-0.39, 0.29) is 52.9 Å². The van der Waals surface area contributed by atoms with Crippen LogP contribution < -0.4 is 0 Å². The average molecular weight is 392 g/mol. The van der Waals surface area contributed by atoms with Crippen molar-refractivity contribution in [3.05, 3.63) is 45.6 Å². The van der Waals surface area contributed by atoms with Gasteiger partial charge in [0.25, 0.3) is 23.6 Å². The van der Waals surface area contributed by atoms with E-state index >= 15 is 0 Å². The minimum Gasteiger partial charge on any atom is -0.274 e. The molecule has 0 saturated carbocycles. The topological polar surface area (TPSA) is 122 Å². The third-order valence-electron chi connectivity index (χ3n) is 4.93. The van der Waals surface area contributed by atoms with Gasteiger partial charge in [0, 0.05) is 24.2 Å². The number of nitrogens with zero attached hydrogens (tertiary/aromatic N) is 4. The molecule has 0 atom stereocenters. The van der Waals surface area contributed by atoms with Gasteiger partial charge < -0.3 is 0 Å². The normalized spacial score (nSPS) is 20.8. The molecule has 0 spiro atoms. The zero-order valence-electron chi connectivity index (χ0n) is 16.7. The Labute approximate surface area is 168 Å². The molecule has 0 unspecified atom stereocenters. The minimum atomic E-state index is -0.620. The number of nitriles is 2. The Hall–Kier alpha value is -3.78. The first kappa shape index (κ1) is 21.5. The van der Waals surface area contributed by atoms with Crippen LogP contribution in [-0.4, -0.2) is 46.5 Å². The summed E-state index contributed by atoms with van der Waals surface area (Å²) in [6.45, 7) is 6.60. The van der Waals surface area contributed by atoms with E-state index in [1.165, 1.54) is 26.0 Å². The maximum absolute atomic E-state index is 12.6. The van der Waals surface area contributed by atoms with Crippen LogP contribution in [0.2, 0.25) is 0 Å². The minimum absolute atomic E-state index is 0.0929. The third kappa shape index (κ3) is 3.53. The van der Waals surface area contributed by atoms with Gasteiger partial charge in [-0.2, -0.15) is 10.5 Å². The van der Waals surface area contributed by atoms with E-state index in [9.17, 15) is 29.7 Å². The van der Waals surface area contributed by atoms with Gasteiger partial charge in [-0.1, -0.05) is 12.2 Å². The lowest BCUT2D eigenvalue weighted by molar-refractivity contribution is -0.141. The lowest BCUT2D eigenvalue weighted by Gasteiger charge is -2.27. The van der Waals surface area contributed by atoms with Gasteiger partial charge >= 0.3 is 0 Å². The lowest BCUT2D eigenvalue weighted by atomic mass is 9.92. The molecule has 0 aromatic heterocycles. The van der Waals surface area contributed by atoms with Crippen LogP contribution in [0.4, 0.5) is 0 Å². The molecule has 2 aliphatic rings. The summed E-state index contributed by atoms with van der Waals surface area (Å²) in [5.41, 5.74) is 0.823. The molecule has 8 heteroatoms. The number of allylic oxidation sites excluding steroid dienone is 2. The van der Waals surface area contributed by atoms with Crippen molar-refractivity contribution in [3.8, 4) is 12.1 Å². The van der Waals surface area contributed by atoms with E-state index in [1.54, 1.807) is 13.8 Å². The quantitative estimate of drug-likeness (QED) is 0.530. The molecule has 0 N–H and O–H groups in total. The summed E-state index contributed by atoms with van der Waals surface area (Å²) >= 11 is 0. The summed E-state index contributed by atoms with van der Waals surface area (Å²) < 4.78 is 0. The smallest absolute Gasteiger partial charge is 0.271 e. The molecule has 8 nitrogen and oxygen atoms in total. The second-order valence-electron chi connectivity index (χ2n) is 6.40. The fourth-order valence-electron chi connectivity index (χ4n) is 3.27. The Morgan fingerprint density at radius 3 is 1.34 bits per heavy atom. The number of carbonyl (C=O) groups excluding carboxylic acids is 4. The monoisotopic (exact) mass is 392 g/mol. The predicted octanol–water partition coefficient (Wildman–Crippen LogP) is 1.69. The standard InChI is InChI=1S/C21H20N4O4/c1-5-24-18(26)14(12(3)16(10-22)20(24)28)8-7-9-15-13(4)17(11-23)21(29)25(6-2)19(15)27/h8-9H,5-7H2,1-4H3. The summed E-state index contributed by atoms with van der Waals surface area (Å²) in [6, 6.07) is 3.68. The highest BCUT2D eigenvalue weighted by molar-refractivity contribution is 6.19. The van der Waals surface area contributed by atoms with E-state index in [0.29, 0.717) is 0 Å². The number of rotatable bonds is 4. The predicted molar refractivity (Wildman–Crippen MR) is 102 cm³/mol. The third-order valence-corrected chi connectivity index (χ3v) is 4.93. The molecular formula is C21H20N4O4. The summed E-state index contributed by atoms with van der Waals surface area (Å²) in [5, 5.41) is 18.5. The maximum Gasteiger partial charge on any atom is 0.271 e. The van der Waals surface area contributed by atoms with Gasteiger partial charge in [-0.25, -0.2) is 0 Å². The molecule has 0 saturated heterocycles. The van der Waals surface area contributed by atoms with Crippen molar-refractivity contribution in [3.63, 3.8) is 0 Å². The molecule has 148 valence electrons. The van der Waals surface area contributed by atoms with Gasteiger partial charge in [0.05, 0.1) is 0 Å². The molecule has 2 rings (SSSR count). The second-order valence-corrected chi connectivity index (χ2v) is 6.40. The molecule has 0 aliphatic carbocycles. The number of carbonyl (C=O) groups is 4. The summed E-state index contributed by atoms with van der Waals surface area (Å²) in [7, 11) is 0. The summed E-state index contributed by atoms with van der Waals surface area (Å²) in [4.78, 5) is 51.6. The van der Waals surface area contributed by atoms with Crippen molar-refractivity contribution in [1.82, 2.24) is 9.80 Å². The Balaban J connectivity index is 2.49. The van der Waals surface area contributed by atoms with Crippen LogP contribution in [0.5, 0.6) is 0 Å². The first-order chi connectivity index (χ1) is 13.7. The Morgan fingerprint density at radius 2 is 1.07 bits per heavy atom. The molecule has 0 radical (unpaired) electrons. The van der Waals surface area contributed by atoms with E-state index in [1.807, 2.05) is 12.1 Å². The molecule has 0 aromatic rings.